The third-order valence-corrected chi connectivity index (χ3v) is 2.63. The summed E-state index contributed by atoms with van der Waals surface area (Å²) in [5.41, 5.74) is 0.980. The second kappa shape index (κ2) is 3.12. The Morgan fingerprint density at radius 2 is 2.14 bits per heavy atom. The van der Waals surface area contributed by atoms with E-state index in [0.29, 0.717) is 17.9 Å². The molecule has 0 saturated carbocycles. The Bertz CT molecular complexity index is 365. The average Bonchev–Trinajstić information content (AvgIpc) is 2.10. The van der Waals surface area contributed by atoms with Crippen LogP contribution in [0.3, 0.4) is 0 Å². The first-order valence-electron chi connectivity index (χ1n) is 4.55. The van der Waals surface area contributed by atoms with Crippen LogP contribution in [-0.4, -0.2) is 19.6 Å². The molecule has 1 aromatic carbocycles. The number of likely N-dealkylation sites (N-methyl/N-ethyl adjacent to an activating group) is 1. The lowest BCUT2D eigenvalue weighted by Crippen LogP contribution is -2.39. The molecule has 0 spiro atoms. The smallest absolute Gasteiger partial charge is 0.151 e. The highest BCUT2D eigenvalue weighted by Gasteiger charge is 2.23. The summed E-state index contributed by atoms with van der Waals surface area (Å²) in [7, 11) is 1.81. The lowest BCUT2D eigenvalue weighted by atomic mass is 10.1. The minimum Gasteiger partial charge on any atom is -0.381 e. The molecule has 1 atom stereocenters. The number of nitrogens with zero attached hydrogens (tertiary/aromatic N) is 1. The zero-order chi connectivity index (χ0) is 10.3. The molecule has 1 unspecified atom stereocenters. The van der Waals surface area contributed by atoms with Crippen molar-refractivity contribution in [3.8, 4) is 0 Å². The van der Waals surface area contributed by atoms with E-state index in [4.69, 9.17) is 0 Å². The average molecular weight is 198 g/mol. The third kappa shape index (κ3) is 1.31. The fourth-order valence-electron chi connectivity index (χ4n) is 1.67. The van der Waals surface area contributed by atoms with Crippen molar-refractivity contribution >= 4 is 11.4 Å². The Balaban J connectivity index is 2.54. The second-order valence-electron chi connectivity index (χ2n) is 3.62. The summed E-state index contributed by atoms with van der Waals surface area (Å²) in [5, 5.41) is 3.00. The Hall–Kier alpha value is -1.32. The van der Waals surface area contributed by atoms with Crippen molar-refractivity contribution in [2.45, 2.75) is 13.0 Å². The molecule has 2 nitrogen and oxygen atoms in total. The van der Waals surface area contributed by atoms with Gasteiger partial charge >= 0.3 is 0 Å². The molecule has 2 rings (SSSR count). The van der Waals surface area contributed by atoms with Crippen molar-refractivity contribution in [1.82, 2.24) is 0 Å². The topological polar surface area (TPSA) is 15.3 Å². The molecule has 1 aliphatic rings. The van der Waals surface area contributed by atoms with Crippen molar-refractivity contribution < 1.29 is 8.78 Å². The Kier molecular flexibility index (Phi) is 2.06. The van der Waals surface area contributed by atoms with E-state index in [0.717, 1.165) is 6.07 Å². The number of hydrogen-bond acceptors (Lipinski definition) is 2. The number of fused-ring (bicyclic) bond motifs is 1. The molecule has 0 amide bonds. The molecule has 1 aliphatic heterocycles. The van der Waals surface area contributed by atoms with E-state index in [2.05, 4.69) is 5.32 Å². The van der Waals surface area contributed by atoms with Gasteiger partial charge in [-0.05, 0) is 13.0 Å². The van der Waals surface area contributed by atoms with E-state index < -0.39 is 11.6 Å². The van der Waals surface area contributed by atoms with Crippen molar-refractivity contribution in [2.24, 2.45) is 0 Å². The van der Waals surface area contributed by atoms with E-state index in [1.165, 1.54) is 6.07 Å². The lowest BCUT2D eigenvalue weighted by Gasteiger charge is -2.34. The molecular weight excluding hydrogens is 186 g/mol. The first-order valence-corrected chi connectivity index (χ1v) is 4.55. The maximum absolute atomic E-state index is 13.4. The van der Waals surface area contributed by atoms with Gasteiger partial charge in [-0.25, -0.2) is 8.78 Å². The van der Waals surface area contributed by atoms with Gasteiger partial charge in [0.2, 0.25) is 0 Å². The monoisotopic (exact) mass is 198 g/mol. The number of hydrogen-bond donors (Lipinski definition) is 1. The summed E-state index contributed by atoms with van der Waals surface area (Å²) in [6.45, 7) is 2.69. The number of rotatable bonds is 0. The molecule has 0 aromatic heterocycles. The minimum atomic E-state index is -0.545. The molecule has 1 aromatic rings. The fraction of sp³-hybridized carbons (Fsp3) is 0.400. The van der Waals surface area contributed by atoms with E-state index in [-0.39, 0.29) is 6.04 Å². The van der Waals surface area contributed by atoms with Crippen LogP contribution >= 0.6 is 0 Å². The molecule has 0 aliphatic carbocycles. The molecule has 0 radical (unpaired) electrons. The predicted molar refractivity (Wildman–Crippen MR) is 52.7 cm³/mol. The van der Waals surface area contributed by atoms with Crippen LogP contribution in [0, 0.1) is 11.6 Å². The van der Waals surface area contributed by atoms with Crippen molar-refractivity contribution in [3.05, 3.63) is 23.8 Å². The Morgan fingerprint density at radius 1 is 1.43 bits per heavy atom. The molecule has 14 heavy (non-hydrogen) atoms. The summed E-state index contributed by atoms with van der Waals surface area (Å²) in [6, 6.07) is 2.44. The molecule has 0 fully saturated rings. The van der Waals surface area contributed by atoms with E-state index in [1.54, 1.807) is 0 Å². The SMILES string of the molecule is CC1CNc2cc(F)cc(F)c2N1C. The molecule has 0 saturated heterocycles. The summed E-state index contributed by atoms with van der Waals surface area (Å²) < 4.78 is 26.3. The largest absolute Gasteiger partial charge is 0.381 e. The lowest BCUT2D eigenvalue weighted by molar-refractivity contribution is 0.570. The zero-order valence-corrected chi connectivity index (χ0v) is 8.14. The number of anilines is 2. The van der Waals surface area contributed by atoms with Crippen molar-refractivity contribution in [3.63, 3.8) is 0 Å². The second-order valence-corrected chi connectivity index (χ2v) is 3.62. The summed E-state index contributed by atoms with van der Waals surface area (Å²) in [4.78, 5) is 1.82. The first-order chi connectivity index (χ1) is 6.59. The quantitative estimate of drug-likeness (QED) is 0.687. The standard InChI is InChI=1S/C10H12F2N2/c1-6-5-13-9-4-7(11)3-8(12)10(9)14(6)2/h3-4,6,13H,5H2,1-2H3. The zero-order valence-electron chi connectivity index (χ0n) is 8.14. The molecule has 4 heteroatoms. The van der Waals surface area contributed by atoms with Gasteiger partial charge in [0.25, 0.3) is 0 Å². The molecule has 1 N–H and O–H groups in total. The number of benzene rings is 1. The number of halogens is 2. The van der Waals surface area contributed by atoms with Crippen molar-refractivity contribution in [1.29, 1.82) is 0 Å². The van der Waals surface area contributed by atoms with E-state index in [9.17, 15) is 8.78 Å². The highest BCUT2D eigenvalue weighted by Crippen LogP contribution is 2.33. The normalized spacial score (nSPS) is 20.3. The van der Waals surface area contributed by atoms with Crippen LogP contribution in [-0.2, 0) is 0 Å². The molecule has 0 bridgehead atoms. The minimum absolute atomic E-state index is 0.211. The van der Waals surface area contributed by atoms with Crippen LogP contribution in [0.4, 0.5) is 20.2 Å². The van der Waals surface area contributed by atoms with Crippen LogP contribution < -0.4 is 10.2 Å². The van der Waals surface area contributed by atoms with Gasteiger partial charge in [-0.3, -0.25) is 0 Å². The number of nitrogens with one attached hydrogen (secondary N) is 1. The highest BCUT2D eigenvalue weighted by atomic mass is 19.1. The van der Waals surface area contributed by atoms with Gasteiger partial charge in [-0.2, -0.15) is 0 Å². The van der Waals surface area contributed by atoms with Crippen molar-refractivity contribution in [2.75, 3.05) is 23.8 Å². The van der Waals surface area contributed by atoms with Gasteiger partial charge in [0.1, 0.15) is 5.82 Å². The van der Waals surface area contributed by atoms with Crippen LogP contribution in [0.5, 0.6) is 0 Å². The van der Waals surface area contributed by atoms with Crippen LogP contribution in [0.15, 0.2) is 12.1 Å². The van der Waals surface area contributed by atoms with Gasteiger partial charge in [-0.1, -0.05) is 0 Å². The van der Waals surface area contributed by atoms with E-state index >= 15 is 0 Å². The van der Waals surface area contributed by atoms with Gasteiger partial charge < -0.3 is 10.2 Å². The molecular formula is C10H12F2N2. The fourth-order valence-corrected chi connectivity index (χ4v) is 1.67. The van der Waals surface area contributed by atoms with Gasteiger partial charge in [0.05, 0.1) is 11.4 Å². The van der Waals surface area contributed by atoms with Gasteiger partial charge in [0, 0.05) is 25.7 Å². The maximum Gasteiger partial charge on any atom is 0.151 e. The summed E-state index contributed by atoms with van der Waals surface area (Å²) >= 11 is 0. The summed E-state index contributed by atoms with van der Waals surface area (Å²) in [5.74, 6) is -1.06. The predicted octanol–water partition coefficient (Wildman–Crippen LogP) is 2.21. The maximum atomic E-state index is 13.4. The van der Waals surface area contributed by atoms with Crippen LogP contribution in [0.1, 0.15) is 6.92 Å². The Labute approximate surface area is 81.5 Å². The highest BCUT2D eigenvalue weighted by molar-refractivity contribution is 5.73. The van der Waals surface area contributed by atoms with Gasteiger partial charge in [-0.15, -0.1) is 0 Å². The third-order valence-electron chi connectivity index (χ3n) is 2.63. The molecule has 1 heterocycles. The summed E-state index contributed by atoms with van der Waals surface area (Å²) in [6.07, 6.45) is 0. The van der Waals surface area contributed by atoms with Crippen LogP contribution in [0.25, 0.3) is 0 Å². The first kappa shape index (κ1) is 9.24. The van der Waals surface area contributed by atoms with Gasteiger partial charge in [0.15, 0.2) is 5.82 Å². The van der Waals surface area contributed by atoms with Crippen LogP contribution in [0.2, 0.25) is 0 Å². The van der Waals surface area contributed by atoms with E-state index in [1.807, 2.05) is 18.9 Å². The Morgan fingerprint density at radius 3 is 2.86 bits per heavy atom. The molecule has 76 valence electrons.